The fourth-order valence-corrected chi connectivity index (χ4v) is 2.12. The molecular formula is C16H18N2O. The molecule has 2 N–H and O–H groups in total. The number of para-hydroxylation sites is 1. The summed E-state index contributed by atoms with van der Waals surface area (Å²) in [7, 11) is 0. The van der Waals surface area contributed by atoms with Crippen LogP contribution in [0, 0.1) is 6.92 Å². The zero-order valence-electron chi connectivity index (χ0n) is 11.3. The van der Waals surface area contributed by atoms with Crippen LogP contribution in [0.4, 0.5) is 11.4 Å². The Kier molecular flexibility index (Phi) is 3.85. The summed E-state index contributed by atoms with van der Waals surface area (Å²) in [6.45, 7) is 4.60. The molecule has 2 aromatic carbocycles. The normalized spacial score (nSPS) is 10.2. The van der Waals surface area contributed by atoms with Crippen molar-refractivity contribution in [1.82, 2.24) is 0 Å². The first-order valence-corrected chi connectivity index (χ1v) is 6.36. The van der Waals surface area contributed by atoms with Crippen LogP contribution >= 0.6 is 0 Å². The third kappa shape index (κ3) is 2.76. The number of hydrogen-bond acceptors (Lipinski definition) is 2. The number of rotatable bonds is 3. The Hall–Kier alpha value is -2.29. The number of carbonyl (C=O) groups is 1. The van der Waals surface area contributed by atoms with Crippen molar-refractivity contribution < 1.29 is 4.79 Å². The van der Waals surface area contributed by atoms with Gasteiger partial charge in [-0.05, 0) is 43.7 Å². The van der Waals surface area contributed by atoms with Crippen LogP contribution in [-0.2, 0) is 0 Å². The molecule has 0 aliphatic carbocycles. The number of nitrogens with zero attached hydrogens (tertiary/aromatic N) is 1. The first-order chi connectivity index (χ1) is 9.13. The summed E-state index contributed by atoms with van der Waals surface area (Å²) < 4.78 is 0. The quantitative estimate of drug-likeness (QED) is 0.855. The molecule has 2 rings (SSSR count). The minimum Gasteiger partial charge on any atom is -0.399 e. The molecular weight excluding hydrogens is 236 g/mol. The van der Waals surface area contributed by atoms with Gasteiger partial charge >= 0.3 is 0 Å². The molecule has 2 aromatic rings. The molecule has 0 radical (unpaired) electrons. The molecule has 3 heteroatoms. The van der Waals surface area contributed by atoms with E-state index < -0.39 is 0 Å². The summed E-state index contributed by atoms with van der Waals surface area (Å²) in [4.78, 5) is 14.3. The first-order valence-electron chi connectivity index (χ1n) is 6.36. The van der Waals surface area contributed by atoms with Crippen molar-refractivity contribution in [3.63, 3.8) is 0 Å². The van der Waals surface area contributed by atoms with E-state index in [-0.39, 0.29) is 5.91 Å². The van der Waals surface area contributed by atoms with Crippen LogP contribution in [0.15, 0.2) is 48.5 Å². The molecule has 0 saturated carbocycles. The van der Waals surface area contributed by atoms with Crippen molar-refractivity contribution in [1.29, 1.82) is 0 Å². The monoisotopic (exact) mass is 254 g/mol. The zero-order valence-corrected chi connectivity index (χ0v) is 11.3. The summed E-state index contributed by atoms with van der Waals surface area (Å²) in [5.74, 6) is -0.0240. The van der Waals surface area contributed by atoms with Gasteiger partial charge in [0.05, 0.1) is 0 Å². The molecule has 0 saturated heterocycles. The minimum atomic E-state index is -0.0240. The van der Waals surface area contributed by atoms with E-state index >= 15 is 0 Å². The van der Waals surface area contributed by atoms with E-state index in [1.165, 1.54) is 0 Å². The Bertz CT molecular complexity index is 593. The lowest BCUT2D eigenvalue weighted by Gasteiger charge is -2.23. The highest BCUT2D eigenvalue weighted by Gasteiger charge is 2.17. The third-order valence-corrected chi connectivity index (χ3v) is 3.10. The minimum absolute atomic E-state index is 0.0240. The molecule has 0 atom stereocenters. The molecule has 1 amide bonds. The van der Waals surface area contributed by atoms with Gasteiger partial charge in [0.1, 0.15) is 0 Å². The van der Waals surface area contributed by atoms with Crippen LogP contribution in [0.5, 0.6) is 0 Å². The summed E-state index contributed by atoms with van der Waals surface area (Å²) in [6, 6.07) is 15.0. The zero-order chi connectivity index (χ0) is 13.8. The molecule has 0 aliphatic rings. The number of nitrogen functional groups attached to an aromatic ring is 1. The molecule has 0 aliphatic heterocycles. The second-order valence-corrected chi connectivity index (χ2v) is 4.46. The van der Waals surface area contributed by atoms with Crippen LogP contribution in [0.3, 0.4) is 0 Å². The van der Waals surface area contributed by atoms with Crippen molar-refractivity contribution in [2.75, 3.05) is 17.2 Å². The number of hydrogen-bond donors (Lipinski definition) is 1. The predicted octanol–water partition coefficient (Wildman–Crippen LogP) is 3.24. The van der Waals surface area contributed by atoms with Gasteiger partial charge in [-0.15, -0.1) is 0 Å². The van der Waals surface area contributed by atoms with E-state index in [2.05, 4.69) is 0 Å². The van der Waals surface area contributed by atoms with Crippen LogP contribution in [0.25, 0.3) is 0 Å². The second-order valence-electron chi connectivity index (χ2n) is 4.46. The number of aryl methyl sites for hydroxylation is 1. The van der Waals surface area contributed by atoms with E-state index in [1.807, 2.05) is 38.1 Å². The maximum Gasteiger partial charge on any atom is 0.258 e. The van der Waals surface area contributed by atoms with E-state index in [0.717, 1.165) is 11.3 Å². The van der Waals surface area contributed by atoms with Crippen molar-refractivity contribution in [2.24, 2.45) is 0 Å². The smallest absolute Gasteiger partial charge is 0.258 e. The molecule has 3 nitrogen and oxygen atoms in total. The third-order valence-electron chi connectivity index (χ3n) is 3.10. The van der Waals surface area contributed by atoms with Crippen LogP contribution in [0.2, 0.25) is 0 Å². The molecule has 19 heavy (non-hydrogen) atoms. The summed E-state index contributed by atoms with van der Waals surface area (Å²) in [5, 5.41) is 0. The average molecular weight is 254 g/mol. The van der Waals surface area contributed by atoms with Crippen LogP contribution in [0.1, 0.15) is 22.8 Å². The van der Waals surface area contributed by atoms with Gasteiger partial charge < -0.3 is 10.6 Å². The van der Waals surface area contributed by atoms with Gasteiger partial charge in [0.25, 0.3) is 5.91 Å². The molecule has 0 aromatic heterocycles. The maximum absolute atomic E-state index is 12.6. The lowest BCUT2D eigenvalue weighted by Crippen LogP contribution is -2.31. The highest BCUT2D eigenvalue weighted by Crippen LogP contribution is 2.21. The van der Waals surface area contributed by atoms with Gasteiger partial charge in [0.2, 0.25) is 0 Å². The topological polar surface area (TPSA) is 46.3 Å². The van der Waals surface area contributed by atoms with E-state index in [0.29, 0.717) is 17.8 Å². The Morgan fingerprint density at radius 2 is 1.89 bits per heavy atom. The van der Waals surface area contributed by atoms with E-state index in [1.54, 1.807) is 29.2 Å². The summed E-state index contributed by atoms with van der Waals surface area (Å²) in [6.07, 6.45) is 0. The number of nitrogens with two attached hydrogens (primary N) is 1. The van der Waals surface area contributed by atoms with Crippen molar-refractivity contribution >= 4 is 17.3 Å². The largest absolute Gasteiger partial charge is 0.399 e. The fourth-order valence-electron chi connectivity index (χ4n) is 2.12. The van der Waals surface area contributed by atoms with Gasteiger partial charge in [-0.1, -0.05) is 24.3 Å². The SMILES string of the molecule is CCN(C(=O)c1cccc(N)c1)c1ccccc1C. The van der Waals surface area contributed by atoms with Gasteiger partial charge in [-0.25, -0.2) is 0 Å². The molecule has 98 valence electrons. The molecule has 0 heterocycles. The van der Waals surface area contributed by atoms with Gasteiger partial charge in [0.15, 0.2) is 0 Å². The van der Waals surface area contributed by atoms with Crippen molar-refractivity contribution in [3.8, 4) is 0 Å². The van der Waals surface area contributed by atoms with Crippen molar-refractivity contribution in [2.45, 2.75) is 13.8 Å². The highest BCUT2D eigenvalue weighted by molar-refractivity contribution is 6.06. The van der Waals surface area contributed by atoms with Crippen LogP contribution < -0.4 is 10.6 Å². The second kappa shape index (κ2) is 5.57. The Labute approximate surface area is 113 Å². The van der Waals surface area contributed by atoms with Gasteiger partial charge in [-0.3, -0.25) is 4.79 Å². The van der Waals surface area contributed by atoms with E-state index in [4.69, 9.17) is 5.73 Å². The number of amides is 1. The molecule has 0 spiro atoms. The van der Waals surface area contributed by atoms with Crippen LogP contribution in [-0.4, -0.2) is 12.5 Å². The maximum atomic E-state index is 12.6. The first kappa shape index (κ1) is 13.1. The number of benzene rings is 2. The number of anilines is 2. The standard InChI is InChI=1S/C16H18N2O/c1-3-18(15-10-5-4-7-12(15)2)16(19)13-8-6-9-14(17)11-13/h4-11H,3,17H2,1-2H3. The summed E-state index contributed by atoms with van der Waals surface area (Å²) >= 11 is 0. The lowest BCUT2D eigenvalue weighted by atomic mass is 10.1. The highest BCUT2D eigenvalue weighted by atomic mass is 16.2. The number of carbonyl (C=O) groups excluding carboxylic acids is 1. The Morgan fingerprint density at radius 1 is 1.16 bits per heavy atom. The lowest BCUT2D eigenvalue weighted by molar-refractivity contribution is 0.0988. The summed E-state index contributed by atoms with van der Waals surface area (Å²) in [5.41, 5.74) is 8.98. The van der Waals surface area contributed by atoms with Gasteiger partial charge in [0, 0.05) is 23.5 Å². The molecule has 0 bridgehead atoms. The Balaban J connectivity index is 2.38. The predicted molar refractivity (Wildman–Crippen MR) is 79.4 cm³/mol. The average Bonchev–Trinajstić information content (AvgIpc) is 2.41. The molecule has 0 unspecified atom stereocenters. The fraction of sp³-hybridized carbons (Fsp3) is 0.188. The van der Waals surface area contributed by atoms with E-state index in [9.17, 15) is 4.79 Å². The molecule has 0 fully saturated rings. The van der Waals surface area contributed by atoms with Gasteiger partial charge in [-0.2, -0.15) is 0 Å². The Morgan fingerprint density at radius 3 is 2.53 bits per heavy atom. The van der Waals surface area contributed by atoms with Crippen molar-refractivity contribution in [3.05, 3.63) is 59.7 Å².